The molecule has 7 heteroatoms. The Balaban J connectivity index is 1.49. The lowest BCUT2D eigenvalue weighted by Crippen LogP contribution is -2.31. The quantitative estimate of drug-likeness (QED) is 0.541. The van der Waals surface area contributed by atoms with E-state index in [1.165, 1.54) is 0 Å². The number of likely N-dealkylation sites (N-methyl/N-ethyl adjacent to an activating group) is 1. The number of aryl methyl sites for hydroxylation is 1. The summed E-state index contributed by atoms with van der Waals surface area (Å²) in [5, 5.41) is 0. The standard InChI is InChI=1S/C25H31N5O2/c1-4-23-26-14-16-30(23)24-9-5-7-21(27-24)22-8-6-15-29(22)25(31)19-10-12-20(13-11-19)32-18-17-28(2)3/h5,7,9-14,16,22H,4,6,8,15,17-18H2,1-3H3. The van der Waals surface area contributed by atoms with Gasteiger partial charge in [0.05, 0.1) is 11.7 Å². The predicted molar refractivity (Wildman–Crippen MR) is 124 cm³/mol. The summed E-state index contributed by atoms with van der Waals surface area (Å²) in [6, 6.07) is 13.4. The molecule has 0 bridgehead atoms. The molecule has 168 valence electrons. The van der Waals surface area contributed by atoms with E-state index in [0.29, 0.717) is 12.2 Å². The molecule has 0 N–H and O–H groups in total. The maximum absolute atomic E-state index is 13.3. The van der Waals surface area contributed by atoms with E-state index in [9.17, 15) is 4.79 Å². The number of benzene rings is 1. The van der Waals surface area contributed by atoms with Crippen molar-refractivity contribution < 1.29 is 9.53 Å². The number of hydrogen-bond acceptors (Lipinski definition) is 5. The Morgan fingerprint density at radius 2 is 2.00 bits per heavy atom. The lowest BCUT2D eigenvalue weighted by Gasteiger charge is -2.25. The molecule has 1 aromatic carbocycles. The molecule has 1 aliphatic heterocycles. The minimum atomic E-state index is -0.0212. The van der Waals surface area contributed by atoms with E-state index in [-0.39, 0.29) is 11.9 Å². The van der Waals surface area contributed by atoms with Crippen molar-refractivity contribution in [2.75, 3.05) is 33.8 Å². The predicted octanol–water partition coefficient (Wildman–Crippen LogP) is 3.75. The molecule has 1 unspecified atom stereocenters. The Morgan fingerprint density at radius 3 is 2.75 bits per heavy atom. The van der Waals surface area contributed by atoms with Crippen molar-refractivity contribution in [3.63, 3.8) is 0 Å². The lowest BCUT2D eigenvalue weighted by molar-refractivity contribution is 0.0733. The van der Waals surface area contributed by atoms with E-state index in [4.69, 9.17) is 9.72 Å². The van der Waals surface area contributed by atoms with Crippen LogP contribution in [-0.4, -0.2) is 64.0 Å². The summed E-state index contributed by atoms with van der Waals surface area (Å²) in [5.74, 6) is 2.64. The summed E-state index contributed by atoms with van der Waals surface area (Å²) in [7, 11) is 4.03. The van der Waals surface area contributed by atoms with E-state index < -0.39 is 0 Å². The molecule has 1 saturated heterocycles. The summed E-state index contributed by atoms with van der Waals surface area (Å²) < 4.78 is 7.76. The Hall–Kier alpha value is -3.19. The van der Waals surface area contributed by atoms with Gasteiger partial charge in [0.15, 0.2) is 0 Å². The van der Waals surface area contributed by atoms with Gasteiger partial charge in [-0.15, -0.1) is 0 Å². The van der Waals surface area contributed by atoms with E-state index >= 15 is 0 Å². The van der Waals surface area contributed by atoms with E-state index in [1.54, 1.807) is 6.20 Å². The van der Waals surface area contributed by atoms with E-state index in [1.807, 2.05) is 72.2 Å². The maximum atomic E-state index is 13.3. The van der Waals surface area contributed by atoms with Gasteiger partial charge in [0.25, 0.3) is 5.91 Å². The van der Waals surface area contributed by atoms with Gasteiger partial charge in [-0.2, -0.15) is 0 Å². The third kappa shape index (κ3) is 4.83. The van der Waals surface area contributed by atoms with Gasteiger partial charge in [-0.3, -0.25) is 9.36 Å². The molecule has 1 aliphatic rings. The molecule has 0 aliphatic carbocycles. The van der Waals surface area contributed by atoms with Crippen LogP contribution in [0.25, 0.3) is 5.82 Å². The summed E-state index contributed by atoms with van der Waals surface area (Å²) >= 11 is 0. The molecule has 1 amide bonds. The number of pyridine rings is 1. The molecule has 0 spiro atoms. The van der Waals surface area contributed by atoms with Gasteiger partial charge in [0.2, 0.25) is 0 Å². The first kappa shape index (κ1) is 22.0. The normalized spacial score (nSPS) is 16.0. The van der Waals surface area contributed by atoms with Gasteiger partial charge in [-0.1, -0.05) is 13.0 Å². The van der Waals surface area contributed by atoms with Crippen LogP contribution in [0.15, 0.2) is 54.9 Å². The minimum absolute atomic E-state index is 0.0212. The number of imidazole rings is 1. The highest BCUT2D eigenvalue weighted by Gasteiger charge is 2.31. The number of nitrogens with zero attached hydrogens (tertiary/aromatic N) is 5. The molecule has 4 rings (SSSR count). The fourth-order valence-corrected chi connectivity index (χ4v) is 4.09. The summed E-state index contributed by atoms with van der Waals surface area (Å²) in [6.45, 7) is 4.29. The Kier molecular flexibility index (Phi) is 6.85. The first-order chi connectivity index (χ1) is 15.6. The van der Waals surface area contributed by atoms with Gasteiger partial charge in [-0.25, -0.2) is 9.97 Å². The molecule has 0 saturated carbocycles. The average Bonchev–Trinajstić information content (AvgIpc) is 3.48. The first-order valence-corrected chi connectivity index (χ1v) is 11.2. The summed E-state index contributed by atoms with van der Waals surface area (Å²) in [4.78, 5) is 26.6. The van der Waals surface area contributed by atoms with E-state index in [0.717, 1.165) is 55.4 Å². The van der Waals surface area contributed by atoms with Crippen molar-refractivity contribution in [3.05, 3.63) is 71.9 Å². The number of carbonyl (C=O) groups is 1. The van der Waals surface area contributed by atoms with Crippen molar-refractivity contribution in [2.24, 2.45) is 0 Å². The highest BCUT2D eigenvalue weighted by atomic mass is 16.5. The summed E-state index contributed by atoms with van der Waals surface area (Å²) in [5.41, 5.74) is 1.60. The van der Waals surface area contributed by atoms with Crippen molar-refractivity contribution in [3.8, 4) is 11.6 Å². The second kappa shape index (κ2) is 9.96. The van der Waals surface area contributed by atoms with Crippen molar-refractivity contribution >= 4 is 5.91 Å². The van der Waals surface area contributed by atoms with Crippen LogP contribution < -0.4 is 4.74 Å². The zero-order valence-electron chi connectivity index (χ0n) is 19.1. The van der Waals surface area contributed by atoms with Crippen LogP contribution in [-0.2, 0) is 6.42 Å². The topological polar surface area (TPSA) is 63.5 Å². The Labute approximate surface area is 189 Å². The molecular formula is C25H31N5O2. The van der Waals surface area contributed by atoms with Crippen molar-refractivity contribution in [2.45, 2.75) is 32.2 Å². The number of likely N-dealkylation sites (tertiary alicyclic amines) is 1. The molecule has 7 nitrogen and oxygen atoms in total. The molecule has 1 fully saturated rings. The molecule has 1 atom stereocenters. The smallest absolute Gasteiger partial charge is 0.254 e. The first-order valence-electron chi connectivity index (χ1n) is 11.2. The number of aromatic nitrogens is 3. The monoisotopic (exact) mass is 433 g/mol. The number of rotatable bonds is 8. The van der Waals surface area contributed by atoms with Gasteiger partial charge in [0, 0.05) is 37.5 Å². The van der Waals surface area contributed by atoms with Crippen LogP contribution in [0.3, 0.4) is 0 Å². The van der Waals surface area contributed by atoms with Gasteiger partial charge in [0.1, 0.15) is 24.0 Å². The van der Waals surface area contributed by atoms with Crippen LogP contribution in [0.5, 0.6) is 5.75 Å². The molecule has 2 aromatic heterocycles. The Morgan fingerprint density at radius 1 is 1.19 bits per heavy atom. The van der Waals surface area contributed by atoms with Crippen LogP contribution in [0.1, 0.15) is 47.7 Å². The van der Waals surface area contributed by atoms with E-state index in [2.05, 4.69) is 16.8 Å². The second-order valence-corrected chi connectivity index (χ2v) is 8.32. The fourth-order valence-electron chi connectivity index (χ4n) is 4.09. The number of amides is 1. The van der Waals surface area contributed by atoms with Crippen molar-refractivity contribution in [1.29, 1.82) is 0 Å². The van der Waals surface area contributed by atoms with Crippen molar-refractivity contribution in [1.82, 2.24) is 24.3 Å². The van der Waals surface area contributed by atoms with Crippen LogP contribution in [0.4, 0.5) is 0 Å². The Bertz CT molecular complexity index is 1040. The average molecular weight is 434 g/mol. The summed E-state index contributed by atoms with van der Waals surface area (Å²) in [6.07, 6.45) is 6.46. The maximum Gasteiger partial charge on any atom is 0.254 e. The largest absolute Gasteiger partial charge is 0.492 e. The number of hydrogen-bond donors (Lipinski definition) is 0. The third-order valence-corrected chi connectivity index (χ3v) is 5.80. The number of ether oxygens (including phenoxy) is 1. The van der Waals surface area contributed by atoms with Gasteiger partial charge >= 0.3 is 0 Å². The third-order valence-electron chi connectivity index (χ3n) is 5.80. The second-order valence-electron chi connectivity index (χ2n) is 8.32. The molecule has 32 heavy (non-hydrogen) atoms. The highest BCUT2D eigenvalue weighted by Crippen LogP contribution is 2.33. The highest BCUT2D eigenvalue weighted by molar-refractivity contribution is 5.94. The van der Waals surface area contributed by atoms with Crippen LogP contribution in [0.2, 0.25) is 0 Å². The minimum Gasteiger partial charge on any atom is -0.492 e. The van der Waals surface area contributed by atoms with Crippen LogP contribution >= 0.6 is 0 Å². The molecule has 3 heterocycles. The van der Waals surface area contributed by atoms with Crippen LogP contribution in [0, 0.1) is 0 Å². The zero-order valence-corrected chi connectivity index (χ0v) is 19.1. The fraction of sp³-hybridized carbons (Fsp3) is 0.400. The molecular weight excluding hydrogens is 402 g/mol. The van der Waals surface area contributed by atoms with Gasteiger partial charge in [-0.05, 0) is 63.3 Å². The van der Waals surface area contributed by atoms with Gasteiger partial charge < -0.3 is 14.5 Å². The lowest BCUT2D eigenvalue weighted by atomic mass is 10.1. The zero-order chi connectivity index (χ0) is 22.5. The SMILES string of the molecule is CCc1nccn1-c1cccc(C2CCCN2C(=O)c2ccc(OCCN(C)C)cc2)n1. The number of carbonyl (C=O) groups excluding carboxylic acids is 1. The molecule has 3 aromatic rings. The molecule has 0 radical (unpaired) electrons.